The lowest BCUT2D eigenvalue weighted by Gasteiger charge is -2.22. The second-order valence-electron chi connectivity index (χ2n) is 4.62. The second-order valence-corrected chi connectivity index (χ2v) is 4.62. The van der Waals surface area contributed by atoms with Crippen LogP contribution in [0.4, 0.5) is 0 Å². The number of hydrogen-bond acceptors (Lipinski definition) is 3. The monoisotopic (exact) mass is 262 g/mol. The van der Waals surface area contributed by atoms with Gasteiger partial charge in [0.2, 0.25) is 11.8 Å². The lowest BCUT2D eigenvalue weighted by Crippen LogP contribution is -2.44. The van der Waals surface area contributed by atoms with Gasteiger partial charge in [0.05, 0.1) is 6.54 Å². The van der Waals surface area contributed by atoms with Gasteiger partial charge < -0.3 is 14.6 Å². The highest BCUT2D eigenvalue weighted by Gasteiger charge is 2.36. The molecule has 1 N–H and O–H groups in total. The minimum atomic E-state index is -0.405. The van der Waals surface area contributed by atoms with Crippen molar-refractivity contribution in [1.82, 2.24) is 10.2 Å². The predicted molar refractivity (Wildman–Crippen MR) is 70.2 cm³/mol. The number of carbonyl (C=O) groups excluding carboxylic acids is 2. The van der Waals surface area contributed by atoms with E-state index in [2.05, 4.69) is 11.9 Å². The quantitative estimate of drug-likeness (QED) is 0.815. The first kappa shape index (κ1) is 13.4. The van der Waals surface area contributed by atoms with Crippen LogP contribution in [0.15, 0.2) is 29.2 Å². The molecule has 19 heavy (non-hydrogen) atoms. The van der Waals surface area contributed by atoms with Crippen LogP contribution in [0.2, 0.25) is 0 Å². The normalized spacial score (nSPS) is 18.7. The van der Waals surface area contributed by atoms with Gasteiger partial charge in [-0.25, -0.2) is 0 Å². The van der Waals surface area contributed by atoms with Gasteiger partial charge in [0.15, 0.2) is 0 Å². The number of hydrogen-bond donors (Lipinski definition) is 1. The fraction of sp³-hybridized carbons (Fsp3) is 0.429. The van der Waals surface area contributed by atoms with Gasteiger partial charge in [-0.3, -0.25) is 9.59 Å². The summed E-state index contributed by atoms with van der Waals surface area (Å²) in [7, 11) is 0. The minimum Gasteiger partial charge on any atom is -0.464 e. The Morgan fingerprint density at radius 1 is 1.63 bits per heavy atom. The van der Waals surface area contributed by atoms with E-state index < -0.39 is 6.04 Å². The molecule has 0 spiro atoms. The molecule has 1 atom stereocenters. The van der Waals surface area contributed by atoms with E-state index in [1.165, 1.54) is 0 Å². The lowest BCUT2D eigenvalue weighted by atomic mass is 10.2. The molecule has 0 aliphatic carbocycles. The van der Waals surface area contributed by atoms with Crippen LogP contribution in [0.25, 0.3) is 0 Å². The summed E-state index contributed by atoms with van der Waals surface area (Å²) in [5.74, 6) is 1.37. The van der Waals surface area contributed by atoms with Crippen LogP contribution in [-0.4, -0.2) is 29.3 Å². The maximum atomic E-state index is 12.0. The Hall–Kier alpha value is -2.04. The Kier molecular flexibility index (Phi) is 4.04. The molecule has 1 fully saturated rings. The first-order valence-corrected chi connectivity index (χ1v) is 6.35. The molecule has 0 bridgehead atoms. The Labute approximate surface area is 112 Å². The van der Waals surface area contributed by atoms with E-state index >= 15 is 0 Å². The summed E-state index contributed by atoms with van der Waals surface area (Å²) in [6, 6.07) is 3.28. The van der Waals surface area contributed by atoms with Crippen molar-refractivity contribution < 1.29 is 14.0 Å². The molecule has 0 unspecified atom stereocenters. The zero-order valence-electron chi connectivity index (χ0n) is 11.0. The summed E-state index contributed by atoms with van der Waals surface area (Å²) < 4.78 is 5.46. The van der Waals surface area contributed by atoms with E-state index in [0.29, 0.717) is 31.7 Å². The van der Waals surface area contributed by atoms with Crippen LogP contribution in [0.1, 0.15) is 24.4 Å². The summed E-state index contributed by atoms with van der Waals surface area (Å²) in [6.45, 7) is 6.16. The highest BCUT2D eigenvalue weighted by molar-refractivity contribution is 5.90. The zero-order chi connectivity index (χ0) is 13.8. The van der Waals surface area contributed by atoms with Crippen LogP contribution in [0.5, 0.6) is 0 Å². The SMILES string of the molecule is C=CCNC(=O)[C@@H]1CCC(=O)N1Cc1ccc(C)o1. The van der Waals surface area contributed by atoms with E-state index in [-0.39, 0.29) is 11.8 Å². The molecule has 102 valence electrons. The molecule has 1 aliphatic heterocycles. The van der Waals surface area contributed by atoms with Gasteiger partial charge in [0, 0.05) is 13.0 Å². The van der Waals surface area contributed by atoms with Crippen molar-refractivity contribution in [2.75, 3.05) is 6.54 Å². The predicted octanol–water partition coefficient (Wildman–Crippen LogP) is 1.38. The Balaban J connectivity index is 2.04. The molecule has 1 aromatic heterocycles. The van der Waals surface area contributed by atoms with Gasteiger partial charge in [0.1, 0.15) is 17.6 Å². The maximum Gasteiger partial charge on any atom is 0.243 e. The number of amides is 2. The summed E-state index contributed by atoms with van der Waals surface area (Å²) in [6.07, 6.45) is 2.59. The molecule has 0 saturated carbocycles. The average Bonchev–Trinajstić information content (AvgIpc) is 2.95. The standard InChI is InChI=1S/C14H18N2O3/c1-3-8-15-14(18)12-6-7-13(17)16(12)9-11-5-4-10(2)19-11/h3-5,12H,1,6-9H2,2H3,(H,15,18)/t12-/m0/s1. The largest absolute Gasteiger partial charge is 0.464 e. The fourth-order valence-corrected chi connectivity index (χ4v) is 2.23. The molecule has 2 rings (SSSR count). The van der Waals surface area contributed by atoms with Crippen LogP contribution < -0.4 is 5.32 Å². The number of carbonyl (C=O) groups is 2. The first-order chi connectivity index (χ1) is 9.11. The van der Waals surface area contributed by atoms with Crippen LogP contribution >= 0.6 is 0 Å². The van der Waals surface area contributed by atoms with Gasteiger partial charge in [-0.2, -0.15) is 0 Å². The molecule has 2 amide bonds. The first-order valence-electron chi connectivity index (χ1n) is 6.35. The topological polar surface area (TPSA) is 62.6 Å². The van der Waals surface area contributed by atoms with Gasteiger partial charge in [-0.1, -0.05) is 6.08 Å². The molecular weight excluding hydrogens is 244 g/mol. The number of nitrogens with one attached hydrogen (secondary N) is 1. The van der Waals surface area contributed by atoms with Crippen molar-refractivity contribution >= 4 is 11.8 Å². The lowest BCUT2D eigenvalue weighted by molar-refractivity contribution is -0.135. The number of likely N-dealkylation sites (tertiary alicyclic amines) is 1. The van der Waals surface area contributed by atoms with Gasteiger partial charge in [-0.05, 0) is 25.5 Å². The van der Waals surface area contributed by atoms with E-state index in [9.17, 15) is 9.59 Å². The minimum absolute atomic E-state index is 0.00666. The van der Waals surface area contributed by atoms with E-state index in [0.717, 1.165) is 5.76 Å². The average molecular weight is 262 g/mol. The van der Waals surface area contributed by atoms with Crippen LogP contribution in [-0.2, 0) is 16.1 Å². The Morgan fingerprint density at radius 2 is 2.42 bits per heavy atom. The molecule has 1 saturated heterocycles. The molecular formula is C14H18N2O3. The number of nitrogens with zero attached hydrogens (tertiary/aromatic N) is 1. The molecule has 0 aromatic carbocycles. The molecule has 1 aliphatic rings. The Bertz CT molecular complexity index is 493. The molecule has 0 radical (unpaired) electrons. The van der Waals surface area contributed by atoms with E-state index in [1.54, 1.807) is 11.0 Å². The third-order valence-electron chi connectivity index (χ3n) is 3.17. The zero-order valence-corrected chi connectivity index (χ0v) is 11.0. The molecule has 5 nitrogen and oxygen atoms in total. The summed E-state index contributed by atoms with van der Waals surface area (Å²) >= 11 is 0. The van der Waals surface area contributed by atoms with Gasteiger partial charge >= 0.3 is 0 Å². The molecule has 2 heterocycles. The van der Waals surface area contributed by atoms with Crippen molar-refractivity contribution in [3.63, 3.8) is 0 Å². The summed E-state index contributed by atoms with van der Waals surface area (Å²) in [5.41, 5.74) is 0. The Morgan fingerprint density at radius 3 is 3.05 bits per heavy atom. The van der Waals surface area contributed by atoms with Crippen LogP contribution in [0, 0.1) is 6.92 Å². The molecule has 5 heteroatoms. The van der Waals surface area contributed by atoms with E-state index in [4.69, 9.17) is 4.42 Å². The smallest absolute Gasteiger partial charge is 0.243 e. The van der Waals surface area contributed by atoms with Crippen LogP contribution in [0.3, 0.4) is 0 Å². The number of aryl methyl sites for hydroxylation is 1. The molecule has 1 aromatic rings. The van der Waals surface area contributed by atoms with Crippen molar-refractivity contribution in [3.8, 4) is 0 Å². The van der Waals surface area contributed by atoms with Crippen molar-refractivity contribution in [3.05, 3.63) is 36.3 Å². The fourth-order valence-electron chi connectivity index (χ4n) is 2.23. The third kappa shape index (κ3) is 3.05. The summed E-state index contributed by atoms with van der Waals surface area (Å²) in [5, 5.41) is 2.73. The third-order valence-corrected chi connectivity index (χ3v) is 3.17. The van der Waals surface area contributed by atoms with Crippen molar-refractivity contribution in [1.29, 1.82) is 0 Å². The summed E-state index contributed by atoms with van der Waals surface area (Å²) in [4.78, 5) is 25.4. The highest BCUT2D eigenvalue weighted by Crippen LogP contribution is 2.22. The van der Waals surface area contributed by atoms with Crippen molar-refractivity contribution in [2.45, 2.75) is 32.4 Å². The highest BCUT2D eigenvalue weighted by atomic mass is 16.3. The number of rotatable bonds is 5. The maximum absolute atomic E-state index is 12.0. The second kappa shape index (κ2) is 5.73. The van der Waals surface area contributed by atoms with Gasteiger partial charge in [-0.15, -0.1) is 6.58 Å². The van der Waals surface area contributed by atoms with Gasteiger partial charge in [0.25, 0.3) is 0 Å². The number of furan rings is 1. The van der Waals surface area contributed by atoms with Crippen molar-refractivity contribution in [2.24, 2.45) is 0 Å². The van der Waals surface area contributed by atoms with E-state index in [1.807, 2.05) is 19.1 Å².